The number of nitrogens with one attached hydrogen (secondary N) is 2. The molecule has 0 bridgehead atoms. The lowest BCUT2D eigenvalue weighted by Gasteiger charge is -2.17. The molecule has 0 heterocycles. The van der Waals surface area contributed by atoms with Crippen LogP contribution in [0, 0.1) is 0 Å². The van der Waals surface area contributed by atoms with E-state index in [1.54, 1.807) is 13.2 Å². The van der Waals surface area contributed by atoms with Crippen LogP contribution < -0.4 is 20.1 Å². The molecule has 6 heteroatoms. The molecule has 0 aliphatic heterocycles. The molecule has 0 aliphatic carbocycles. The van der Waals surface area contributed by atoms with Crippen molar-refractivity contribution in [1.82, 2.24) is 10.6 Å². The molecule has 0 radical (unpaired) electrons. The lowest BCUT2D eigenvalue weighted by molar-refractivity contribution is 0.196. The summed E-state index contributed by atoms with van der Waals surface area (Å²) in [7, 11) is 1.55. The first-order chi connectivity index (χ1) is 9.62. The largest absolute Gasteiger partial charge is 0.493 e. The monoisotopic (exact) mass is 282 g/mol. The van der Waals surface area contributed by atoms with Crippen LogP contribution in [0.5, 0.6) is 11.5 Å². The summed E-state index contributed by atoms with van der Waals surface area (Å²) in [5.41, 5.74) is 0.907. The minimum absolute atomic E-state index is 0.0555. The van der Waals surface area contributed by atoms with Gasteiger partial charge in [-0.15, -0.1) is 0 Å². The van der Waals surface area contributed by atoms with Crippen molar-refractivity contribution >= 4 is 6.03 Å². The van der Waals surface area contributed by atoms with E-state index in [9.17, 15) is 4.79 Å². The summed E-state index contributed by atoms with van der Waals surface area (Å²) in [6.07, 6.45) is 0. The zero-order chi connectivity index (χ0) is 15.0. The summed E-state index contributed by atoms with van der Waals surface area (Å²) in [5, 5.41) is 14.3. The van der Waals surface area contributed by atoms with Crippen LogP contribution in [-0.2, 0) is 0 Å². The van der Waals surface area contributed by atoms with E-state index in [0.717, 1.165) is 5.56 Å². The standard InChI is InChI=1S/C14H22N2O4/c1-4-15-14(18)16-10(2)11-5-6-12(20-8-7-17)13(9-11)19-3/h5-6,9-10,17H,4,7-8H2,1-3H3,(H2,15,16,18)/t10-/m0/s1. The third kappa shape index (κ3) is 4.62. The maximum atomic E-state index is 11.5. The second kappa shape index (κ2) is 8.27. The second-order valence-corrected chi connectivity index (χ2v) is 4.21. The van der Waals surface area contributed by atoms with E-state index in [-0.39, 0.29) is 25.3 Å². The third-order valence-electron chi connectivity index (χ3n) is 2.72. The molecule has 1 atom stereocenters. The van der Waals surface area contributed by atoms with Gasteiger partial charge in [0.15, 0.2) is 11.5 Å². The Hall–Kier alpha value is -1.95. The highest BCUT2D eigenvalue weighted by Crippen LogP contribution is 2.30. The van der Waals surface area contributed by atoms with Crippen LogP contribution in [0.25, 0.3) is 0 Å². The highest BCUT2D eigenvalue weighted by Gasteiger charge is 2.12. The van der Waals surface area contributed by atoms with Gasteiger partial charge in [0, 0.05) is 6.54 Å². The van der Waals surface area contributed by atoms with Crippen molar-refractivity contribution in [2.24, 2.45) is 0 Å². The van der Waals surface area contributed by atoms with E-state index >= 15 is 0 Å². The fraction of sp³-hybridized carbons (Fsp3) is 0.500. The van der Waals surface area contributed by atoms with Gasteiger partial charge in [-0.05, 0) is 31.5 Å². The van der Waals surface area contributed by atoms with E-state index in [0.29, 0.717) is 18.0 Å². The van der Waals surface area contributed by atoms with E-state index in [4.69, 9.17) is 14.6 Å². The Morgan fingerprint density at radius 1 is 1.40 bits per heavy atom. The Balaban J connectivity index is 2.78. The van der Waals surface area contributed by atoms with Gasteiger partial charge in [0.05, 0.1) is 19.8 Å². The van der Waals surface area contributed by atoms with Crippen molar-refractivity contribution in [3.05, 3.63) is 23.8 Å². The normalized spacial score (nSPS) is 11.6. The number of hydrogen-bond donors (Lipinski definition) is 3. The molecule has 0 spiro atoms. The van der Waals surface area contributed by atoms with Crippen LogP contribution in [0.3, 0.4) is 0 Å². The average molecular weight is 282 g/mol. The summed E-state index contributed by atoms with van der Waals surface area (Å²) < 4.78 is 10.6. The highest BCUT2D eigenvalue weighted by atomic mass is 16.5. The minimum atomic E-state index is -0.209. The van der Waals surface area contributed by atoms with Crippen LogP contribution in [0.15, 0.2) is 18.2 Å². The van der Waals surface area contributed by atoms with Gasteiger partial charge in [-0.1, -0.05) is 6.07 Å². The van der Waals surface area contributed by atoms with Gasteiger partial charge in [-0.25, -0.2) is 4.79 Å². The van der Waals surface area contributed by atoms with E-state index < -0.39 is 0 Å². The predicted molar refractivity (Wildman–Crippen MR) is 76.2 cm³/mol. The fourth-order valence-corrected chi connectivity index (χ4v) is 1.72. The van der Waals surface area contributed by atoms with Gasteiger partial charge in [0.2, 0.25) is 0 Å². The zero-order valence-corrected chi connectivity index (χ0v) is 12.1. The second-order valence-electron chi connectivity index (χ2n) is 4.21. The number of aliphatic hydroxyl groups excluding tert-OH is 1. The molecule has 2 amide bonds. The molecule has 0 aliphatic rings. The van der Waals surface area contributed by atoms with Crippen LogP contribution in [0.4, 0.5) is 4.79 Å². The molecule has 3 N–H and O–H groups in total. The van der Waals surface area contributed by atoms with Crippen LogP contribution in [0.1, 0.15) is 25.5 Å². The van der Waals surface area contributed by atoms with Crippen molar-refractivity contribution in [2.75, 3.05) is 26.9 Å². The lowest BCUT2D eigenvalue weighted by Crippen LogP contribution is -2.36. The molecule has 0 saturated heterocycles. The smallest absolute Gasteiger partial charge is 0.315 e. The van der Waals surface area contributed by atoms with Crippen molar-refractivity contribution < 1.29 is 19.4 Å². The molecule has 0 fully saturated rings. The van der Waals surface area contributed by atoms with Gasteiger partial charge in [-0.3, -0.25) is 0 Å². The SMILES string of the molecule is CCNC(=O)N[C@@H](C)c1ccc(OCCO)c(OC)c1. The van der Waals surface area contributed by atoms with Gasteiger partial charge in [-0.2, -0.15) is 0 Å². The van der Waals surface area contributed by atoms with Crippen LogP contribution in [0.2, 0.25) is 0 Å². The maximum absolute atomic E-state index is 11.5. The lowest BCUT2D eigenvalue weighted by atomic mass is 10.1. The Morgan fingerprint density at radius 2 is 2.15 bits per heavy atom. The Bertz CT molecular complexity index is 437. The maximum Gasteiger partial charge on any atom is 0.315 e. The number of rotatable bonds is 7. The first kappa shape index (κ1) is 16.1. The summed E-state index contributed by atoms with van der Waals surface area (Å²) in [4.78, 5) is 11.5. The first-order valence-corrected chi connectivity index (χ1v) is 6.58. The number of hydrogen-bond acceptors (Lipinski definition) is 4. The fourth-order valence-electron chi connectivity index (χ4n) is 1.72. The number of urea groups is 1. The molecule has 20 heavy (non-hydrogen) atoms. The van der Waals surface area contributed by atoms with Crippen LogP contribution >= 0.6 is 0 Å². The quantitative estimate of drug-likeness (QED) is 0.707. The topological polar surface area (TPSA) is 79.8 Å². The predicted octanol–water partition coefficient (Wildman–Crippen LogP) is 1.45. The molecule has 1 aromatic carbocycles. The Kier molecular flexibility index (Phi) is 6.66. The van der Waals surface area contributed by atoms with Crippen molar-refractivity contribution in [2.45, 2.75) is 19.9 Å². The summed E-state index contributed by atoms with van der Waals surface area (Å²) in [5.74, 6) is 1.14. The number of methoxy groups -OCH3 is 1. The van der Waals surface area contributed by atoms with Crippen molar-refractivity contribution in [3.8, 4) is 11.5 Å². The number of ether oxygens (including phenoxy) is 2. The molecule has 0 unspecified atom stereocenters. The average Bonchev–Trinajstić information content (AvgIpc) is 2.45. The summed E-state index contributed by atoms with van der Waals surface area (Å²) >= 11 is 0. The van der Waals surface area contributed by atoms with Gasteiger partial charge in [0.25, 0.3) is 0 Å². The molecule has 1 rings (SSSR count). The van der Waals surface area contributed by atoms with Gasteiger partial charge < -0.3 is 25.2 Å². The number of benzene rings is 1. The number of amides is 2. The van der Waals surface area contributed by atoms with E-state index in [1.807, 2.05) is 26.0 Å². The molecule has 1 aromatic rings. The molecule has 0 aromatic heterocycles. The van der Waals surface area contributed by atoms with Crippen molar-refractivity contribution in [1.29, 1.82) is 0 Å². The third-order valence-corrected chi connectivity index (χ3v) is 2.72. The Labute approximate surface area is 119 Å². The zero-order valence-electron chi connectivity index (χ0n) is 12.1. The van der Waals surface area contributed by atoms with Gasteiger partial charge in [0.1, 0.15) is 6.61 Å². The molecule has 112 valence electrons. The molecule has 6 nitrogen and oxygen atoms in total. The molecular formula is C14H22N2O4. The first-order valence-electron chi connectivity index (χ1n) is 6.58. The van der Waals surface area contributed by atoms with Crippen molar-refractivity contribution in [3.63, 3.8) is 0 Å². The number of carbonyl (C=O) groups is 1. The minimum Gasteiger partial charge on any atom is -0.493 e. The van der Waals surface area contributed by atoms with E-state index in [1.165, 1.54) is 0 Å². The van der Waals surface area contributed by atoms with E-state index in [2.05, 4.69) is 10.6 Å². The number of carbonyl (C=O) groups excluding carboxylic acids is 1. The number of aliphatic hydroxyl groups is 1. The Morgan fingerprint density at radius 3 is 2.75 bits per heavy atom. The summed E-state index contributed by atoms with van der Waals surface area (Å²) in [6.45, 7) is 4.48. The summed E-state index contributed by atoms with van der Waals surface area (Å²) in [6, 6.07) is 5.07. The van der Waals surface area contributed by atoms with Crippen LogP contribution in [-0.4, -0.2) is 38.0 Å². The molecular weight excluding hydrogens is 260 g/mol. The van der Waals surface area contributed by atoms with Gasteiger partial charge >= 0.3 is 6.03 Å². The highest BCUT2D eigenvalue weighted by molar-refractivity contribution is 5.74. The molecule has 0 saturated carbocycles.